The van der Waals surface area contributed by atoms with Gasteiger partial charge in [-0.15, -0.1) is 11.3 Å². The molecule has 3 aromatic rings. The number of halogens is 1. The molecule has 0 saturated heterocycles. The number of amides is 1. The van der Waals surface area contributed by atoms with Crippen LogP contribution in [0.4, 0.5) is 5.69 Å². The van der Waals surface area contributed by atoms with Gasteiger partial charge in [-0.1, -0.05) is 12.1 Å². The van der Waals surface area contributed by atoms with Crippen LogP contribution in [0.3, 0.4) is 0 Å². The number of aryl methyl sites for hydroxylation is 1. The second-order valence-corrected chi connectivity index (χ2v) is 7.86. The first kappa shape index (κ1) is 16.2. The number of hydrogen-bond donors (Lipinski definition) is 2. The molecule has 120 valence electrons. The highest BCUT2D eigenvalue weighted by molar-refractivity contribution is 9.10. The van der Waals surface area contributed by atoms with E-state index >= 15 is 0 Å². The zero-order chi connectivity index (χ0) is 16.6. The normalized spacial score (nSPS) is 11.3. The molecule has 0 aliphatic rings. The first-order valence-corrected chi connectivity index (χ1v) is 8.88. The third-order valence-electron chi connectivity index (χ3n) is 3.51. The molecule has 0 aliphatic heterocycles. The maximum Gasteiger partial charge on any atom is 0.272 e. The molecule has 1 aromatic carbocycles. The topological polar surface area (TPSA) is 48.1 Å². The molecule has 0 radical (unpaired) electrons. The van der Waals surface area contributed by atoms with Crippen LogP contribution in [0.15, 0.2) is 34.8 Å². The molecule has 0 atom stereocenters. The predicted octanol–water partition coefficient (Wildman–Crippen LogP) is 4.61. The van der Waals surface area contributed by atoms with Crippen molar-refractivity contribution in [2.24, 2.45) is 0 Å². The van der Waals surface area contributed by atoms with E-state index in [0.29, 0.717) is 5.69 Å². The van der Waals surface area contributed by atoms with E-state index in [-0.39, 0.29) is 5.91 Å². The molecular weight excluding hydrogens is 374 g/mol. The van der Waals surface area contributed by atoms with Gasteiger partial charge < -0.3 is 15.2 Å². The zero-order valence-electron chi connectivity index (χ0n) is 13.2. The van der Waals surface area contributed by atoms with Crippen molar-refractivity contribution < 1.29 is 4.79 Å². The summed E-state index contributed by atoms with van der Waals surface area (Å²) in [5, 5.41) is 2.97. The van der Waals surface area contributed by atoms with Crippen LogP contribution in [-0.2, 0) is 6.54 Å². The second-order valence-electron chi connectivity index (χ2n) is 5.75. The van der Waals surface area contributed by atoms with E-state index in [2.05, 4.69) is 44.1 Å². The van der Waals surface area contributed by atoms with Gasteiger partial charge >= 0.3 is 0 Å². The number of para-hydroxylation sites is 1. The van der Waals surface area contributed by atoms with Gasteiger partial charge in [-0.05, 0) is 55.1 Å². The van der Waals surface area contributed by atoms with E-state index < -0.39 is 0 Å². The van der Waals surface area contributed by atoms with Crippen molar-refractivity contribution >= 4 is 49.1 Å². The number of aromatic nitrogens is 1. The van der Waals surface area contributed by atoms with Crippen LogP contribution in [0.25, 0.3) is 10.2 Å². The fourth-order valence-corrected chi connectivity index (χ4v) is 3.96. The summed E-state index contributed by atoms with van der Waals surface area (Å²) in [7, 11) is 4.02. The molecule has 4 nitrogen and oxygen atoms in total. The quantitative estimate of drug-likeness (QED) is 0.681. The fraction of sp³-hybridized carbons (Fsp3) is 0.235. The van der Waals surface area contributed by atoms with Crippen molar-refractivity contribution in [3.05, 3.63) is 50.9 Å². The number of nitrogens with zero attached hydrogens (tertiary/aromatic N) is 1. The van der Waals surface area contributed by atoms with Crippen LogP contribution in [0.5, 0.6) is 0 Å². The number of carbonyl (C=O) groups excluding carboxylic acids is 1. The van der Waals surface area contributed by atoms with Crippen LogP contribution in [0, 0.1) is 6.92 Å². The minimum atomic E-state index is -0.116. The van der Waals surface area contributed by atoms with Crippen LogP contribution in [0.1, 0.15) is 20.9 Å². The van der Waals surface area contributed by atoms with E-state index in [1.807, 2.05) is 38.4 Å². The molecule has 0 bridgehead atoms. The van der Waals surface area contributed by atoms with Crippen molar-refractivity contribution in [3.63, 3.8) is 0 Å². The molecule has 2 N–H and O–H groups in total. The van der Waals surface area contributed by atoms with Crippen molar-refractivity contribution in [3.8, 4) is 0 Å². The van der Waals surface area contributed by atoms with Gasteiger partial charge in [-0.25, -0.2) is 0 Å². The number of aromatic amines is 1. The molecular formula is C17H18BrN3OS. The summed E-state index contributed by atoms with van der Waals surface area (Å²) in [5.74, 6) is -0.116. The Kier molecular flexibility index (Phi) is 4.57. The molecule has 0 unspecified atom stereocenters. The first-order valence-electron chi connectivity index (χ1n) is 7.27. The summed E-state index contributed by atoms with van der Waals surface area (Å²) >= 11 is 5.18. The Hall–Kier alpha value is -1.63. The molecule has 3 rings (SSSR count). The predicted molar refractivity (Wildman–Crippen MR) is 100 cm³/mol. The van der Waals surface area contributed by atoms with Crippen LogP contribution >= 0.6 is 27.3 Å². The maximum atomic E-state index is 12.7. The third kappa shape index (κ3) is 3.34. The van der Waals surface area contributed by atoms with Gasteiger partial charge in [-0.2, -0.15) is 0 Å². The van der Waals surface area contributed by atoms with E-state index in [4.69, 9.17) is 0 Å². The van der Waals surface area contributed by atoms with Gasteiger partial charge in [0, 0.05) is 21.5 Å². The van der Waals surface area contributed by atoms with E-state index in [9.17, 15) is 4.79 Å². The lowest BCUT2D eigenvalue weighted by Crippen LogP contribution is -2.18. The Balaban J connectivity index is 1.99. The number of H-pyrrole nitrogens is 1. The van der Waals surface area contributed by atoms with Crippen molar-refractivity contribution in [2.75, 3.05) is 19.4 Å². The number of fused-ring (bicyclic) bond motifs is 1. The van der Waals surface area contributed by atoms with Crippen molar-refractivity contribution in [2.45, 2.75) is 13.5 Å². The van der Waals surface area contributed by atoms with E-state index in [1.165, 1.54) is 4.88 Å². The maximum absolute atomic E-state index is 12.7. The summed E-state index contributed by atoms with van der Waals surface area (Å²) in [6.07, 6.45) is 0. The summed E-state index contributed by atoms with van der Waals surface area (Å²) in [6, 6.07) is 9.70. The average molecular weight is 392 g/mol. The molecule has 0 aliphatic carbocycles. The minimum absolute atomic E-state index is 0.116. The van der Waals surface area contributed by atoms with Crippen LogP contribution in [-0.4, -0.2) is 29.9 Å². The highest BCUT2D eigenvalue weighted by Crippen LogP contribution is 2.32. The SMILES string of the molecule is Cc1cc2[nH]c(C(=O)Nc3ccccc3Br)c(CN(C)C)c2s1. The Morgan fingerprint density at radius 3 is 2.78 bits per heavy atom. The molecule has 2 heterocycles. The summed E-state index contributed by atoms with van der Waals surface area (Å²) in [5.41, 5.74) is 3.48. The molecule has 6 heteroatoms. The smallest absolute Gasteiger partial charge is 0.272 e. The summed E-state index contributed by atoms with van der Waals surface area (Å²) in [6.45, 7) is 2.80. The number of hydrogen-bond acceptors (Lipinski definition) is 3. The Bertz CT molecular complexity index is 866. The molecule has 0 fully saturated rings. The van der Waals surface area contributed by atoms with E-state index in [0.717, 1.165) is 32.5 Å². The second kappa shape index (κ2) is 6.47. The number of anilines is 1. The van der Waals surface area contributed by atoms with Crippen LogP contribution in [0.2, 0.25) is 0 Å². The van der Waals surface area contributed by atoms with Crippen molar-refractivity contribution in [1.82, 2.24) is 9.88 Å². The number of rotatable bonds is 4. The number of carbonyl (C=O) groups is 1. The number of thiophene rings is 1. The molecule has 23 heavy (non-hydrogen) atoms. The molecule has 1 amide bonds. The average Bonchev–Trinajstić information content (AvgIpc) is 2.99. The highest BCUT2D eigenvalue weighted by Gasteiger charge is 2.20. The third-order valence-corrected chi connectivity index (χ3v) is 5.32. The number of nitrogens with one attached hydrogen (secondary N) is 2. The van der Waals surface area contributed by atoms with Gasteiger partial charge in [-0.3, -0.25) is 4.79 Å². The standard InChI is InChI=1S/C17H18BrN3OS/c1-10-8-14-16(23-10)11(9-21(2)3)15(19-14)17(22)20-13-7-5-4-6-12(13)18/h4-8,19H,9H2,1-3H3,(H,20,22). The Morgan fingerprint density at radius 1 is 1.35 bits per heavy atom. The molecule has 0 saturated carbocycles. The fourth-order valence-electron chi connectivity index (χ4n) is 2.56. The van der Waals surface area contributed by atoms with E-state index in [1.54, 1.807) is 11.3 Å². The lowest BCUT2D eigenvalue weighted by atomic mass is 10.2. The Labute approximate surface area is 147 Å². The zero-order valence-corrected chi connectivity index (χ0v) is 15.6. The van der Waals surface area contributed by atoms with Gasteiger partial charge in [0.15, 0.2) is 0 Å². The summed E-state index contributed by atoms with van der Waals surface area (Å²) in [4.78, 5) is 19.3. The van der Waals surface area contributed by atoms with Crippen molar-refractivity contribution in [1.29, 1.82) is 0 Å². The first-order chi connectivity index (χ1) is 11.0. The monoisotopic (exact) mass is 391 g/mol. The van der Waals surface area contributed by atoms with Gasteiger partial charge in [0.25, 0.3) is 5.91 Å². The Morgan fingerprint density at radius 2 is 2.09 bits per heavy atom. The highest BCUT2D eigenvalue weighted by atomic mass is 79.9. The van der Waals surface area contributed by atoms with Gasteiger partial charge in [0.05, 0.1) is 15.9 Å². The van der Waals surface area contributed by atoms with Crippen LogP contribution < -0.4 is 5.32 Å². The molecule has 2 aromatic heterocycles. The largest absolute Gasteiger partial charge is 0.350 e. The lowest BCUT2D eigenvalue weighted by molar-refractivity contribution is 0.102. The van der Waals surface area contributed by atoms with Gasteiger partial charge in [0.1, 0.15) is 5.69 Å². The minimum Gasteiger partial charge on any atom is -0.350 e. The lowest BCUT2D eigenvalue weighted by Gasteiger charge is -2.11. The number of benzene rings is 1. The summed E-state index contributed by atoms with van der Waals surface area (Å²) < 4.78 is 2.03. The molecule has 0 spiro atoms. The van der Waals surface area contributed by atoms with Gasteiger partial charge in [0.2, 0.25) is 0 Å².